The zero-order valence-electron chi connectivity index (χ0n) is 21.5. The molecular formula is C31H24F4N2O3. The van der Waals surface area contributed by atoms with Gasteiger partial charge in [0.25, 0.3) is 0 Å². The minimum atomic E-state index is -1.79. The lowest BCUT2D eigenvalue weighted by Gasteiger charge is -2.19. The fourth-order valence-electron chi connectivity index (χ4n) is 4.95. The first kappa shape index (κ1) is 26.9. The highest BCUT2D eigenvalue weighted by Crippen LogP contribution is 2.34. The Morgan fingerprint density at radius 1 is 0.650 bits per heavy atom. The maximum Gasteiger partial charge on any atom is 0.197 e. The van der Waals surface area contributed by atoms with Crippen LogP contribution in [-0.4, -0.2) is 19.7 Å². The van der Waals surface area contributed by atoms with Gasteiger partial charge in [-0.2, -0.15) is 0 Å². The minimum absolute atomic E-state index is 0.0598. The molecule has 40 heavy (non-hydrogen) atoms. The van der Waals surface area contributed by atoms with Crippen LogP contribution in [0.3, 0.4) is 0 Å². The third-order valence-electron chi connectivity index (χ3n) is 7.11. The molecule has 9 heteroatoms. The highest BCUT2D eigenvalue weighted by atomic mass is 19.2. The Hall–Kier alpha value is -4.66. The number of hydrogen-bond donors (Lipinski definition) is 0. The van der Waals surface area contributed by atoms with Gasteiger partial charge in [-0.05, 0) is 47.5 Å². The van der Waals surface area contributed by atoms with Gasteiger partial charge >= 0.3 is 0 Å². The van der Waals surface area contributed by atoms with Crippen LogP contribution in [0.4, 0.5) is 28.9 Å². The zero-order chi connectivity index (χ0) is 28.4. The lowest BCUT2D eigenvalue weighted by molar-refractivity contribution is 0.111. The van der Waals surface area contributed by atoms with Crippen molar-refractivity contribution in [2.24, 2.45) is 0 Å². The number of ether oxygens (including phenoxy) is 1. The highest BCUT2D eigenvalue weighted by molar-refractivity contribution is 5.81. The molecule has 204 valence electrons. The van der Waals surface area contributed by atoms with Crippen molar-refractivity contribution >= 4 is 23.9 Å². The number of carbonyl (C=O) groups is 2. The van der Waals surface area contributed by atoms with E-state index in [1.54, 1.807) is 36.3 Å². The first-order chi connectivity index (χ1) is 19.3. The fourth-order valence-corrected chi connectivity index (χ4v) is 4.95. The van der Waals surface area contributed by atoms with Crippen molar-refractivity contribution in [3.05, 3.63) is 123 Å². The molecule has 0 aromatic heterocycles. The van der Waals surface area contributed by atoms with Crippen molar-refractivity contribution in [3.63, 3.8) is 0 Å². The van der Waals surface area contributed by atoms with E-state index in [-0.39, 0.29) is 24.2 Å². The van der Waals surface area contributed by atoms with Crippen LogP contribution >= 0.6 is 0 Å². The van der Waals surface area contributed by atoms with Crippen molar-refractivity contribution in [1.82, 2.24) is 0 Å². The first-order valence-corrected chi connectivity index (χ1v) is 12.4. The molecule has 2 heterocycles. The van der Waals surface area contributed by atoms with Gasteiger partial charge in [0.2, 0.25) is 0 Å². The number of rotatable bonds is 5. The molecule has 4 aromatic carbocycles. The van der Waals surface area contributed by atoms with Crippen LogP contribution in [0.25, 0.3) is 0 Å². The Bertz CT molecular complexity index is 1530. The Balaban J connectivity index is 0.000000162. The highest BCUT2D eigenvalue weighted by Gasteiger charge is 2.31. The van der Waals surface area contributed by atoms with Crippen LogP contribution in [-0.2, 0) is 26.2 Å². The van der Waals surface area contributed by atoms with Gasteiger partial charge in [0, 0.05) is 60.3 Å². The molecule has 0 saturated heterocycles. The molecule has 0 fully saturated rings. The normalized spacial score (nSPS) is 13.3. The molecule has 0 N–H and O–H groups in total. The molecule has 0 radical (unpaired) electrons. The molecule has 2 aliphatic heterocycles. The Morgan fingerprint density at radius 3 is 1.68 bits per heavy atom. The van der Waals surface area contributed by atoms with Gasteiger partial charge < -0.3 is 14.5 Å². The second-order valence-electron chi connectivity index (χ2n) is 9.45. The van der Waals surface area contributed by atoms with E-state index in [9.17, 15) is 27.2 Å². The molecule has 4 aromatic rings. The summed E-state index contributed by atoms with van der Waals surface area (Å²) >= 11 is 0. The van der Waals surface area contributed by atoms with E-state index in [0.29, 0.717) is 28.8 Å². The minimum Gasteiger partial charge on any atom is -0.496 e. The molecule has 6 rings (SSSR count). The fraction of sp³-hybridized carbons (Fsp3) is 0.161. The summed E-state index contributed by atoms with van der Waals surface area (Å²) in [5.74, 6) is -5.65. The Kier molecular flexibility index (Phi) is 7.55. The summed E-state index contributed by atoms with van der Waals surface area (Å²) < 4.78 is 59.1. The van der Waals surface area contributed by atoms with Crippen LogP contribution in [0.15, 0.2) is 66.7 Å². The number of benzene rings is 4. The standard InChI is InChI=1S/C16H15NO2.C15H9F4NO/c1-19-16-8-15(7-6-14(16)11-18)17-9-12-4-2-3-5-13(12)10-17;16-12-10-5-20(9-3-1-8(7-21)2-4-9)6-11(10)13(17)15(19)14(12)18/h2-8,11H,9-10H2,1H3;1-4,7H,5-6H2. The Labute approximate surface area is 228 Å². The van der Waals surface area contributed by atoms with Crippen molar-refractivity contribution < 1.29 is 31.9 Å². The first-order valence-electron chi connectivity index (χ1n) is 12.4. The number of anilines is 2. The molecule has 0 atom stereocenters. The maximum absolute atomic E-state index is 13.7. The van der Waals surface area contributed by atoms with Crippen LogP contribution in [0.1, 0.15) is 43.0 Å². The van der Waals surface area contributed by atoms with Gasteiger partial charge in [0.1, 0.15) is 12.0 Å². The van der Waals surface area contributed by atoms with E-state index in [2.05, 4.69) is 29.2 Å². The number of aldehydes is 2. The molecule has 0 amide bonds. The van der Waals surface area contributed by atoms with Gasteiger partial charge in [0.15, 0.2) is 29.6 Å². The van der Waals surface area contributed by atoms with Gasteiger partial charge in [0.05, 0.1) is 12.7 Å². The molecule has 5 nitrogen and oxygen atoms in total. The number of halogens is 4. The lowest BCUT2D eigenvalue weighted by Crippen LogP contribution is -2.14. The SMILES string of the molecule is COc1cc(N2Cc3ccccc3C2)ccc1C=O.O=Cc1ccc(N2Cc3c(F)c(F)c(F)c(F)c3C2)cc1. The molecule has 0 bridgehead atoms. The van der Waals surface area contributed by atoms with E-state index in [1.807, 2.05) is 18.2 Å². The summed E-state index contributed by atoms with van der Waals surface area (Å²) in [6.45, 7) is 1.69. The summed E-state index contributed by atoms with van der Waals surface area (Å²) in [5, 5.41) is 0. The lowest BCUT2D eigenvalue weighted by atomic mass is 10.1. The molecule has 0 unspecified atom stereocenters. The van der Waals surface area contributed by atoms with Crippen LogP contribution in [0.5, 0.6) is 5.75 Å². The third kappa shape index (κ3) is 5.02. The topological polar surface area (TPSA) is 49.9 Å². The van der Waals surface area contributed by atoms with Crippen LogP contribution in [0, 0.1) is 23.3 Å². The summed E-state index contributed by atoms with van der Waals surface area (Å²) in [4.78, 5) is 25.3. The van der Waals surface area contributed by atoms with Crippen LogP contribution < -0.4 is 14.5 Å². The second kappa shape index (κ2) is 11.2. The van der Waals surface area contributed by atoms with E-state index in [1.165, 1.54) is 11.1 Å². The van der Waals surface area contributed by atoms with Crippen molar-refractivity contribution in [1.29, 1.82) is 0 Å². The largest absolute Gasteiger partial charge is 0.496 e. The molecule has 2 aliphatic rings. The summed E-state index contributed by atoms with van der Waals surface area (Å²) in [6.07, 6.45) is 1.49. The molecule has 0 aliphatic carbocycles. The molecule has 0 saturated carbocycles. The van der Waals surface area contributed by atoms with Gasteiger partial charge in [-0.15, -0.1) is 0 Å². The van der Waals surface area contributed by atoms with E-state index in [4.69, 9.17) is 4.74 Å². The Morgan fingerprint density at radius 2 is 1.18 bits per heavy atom. The summed E-state index contributed by atoms with van der Waals surface area (Å²) in [6, 6.07) is 20.5. The number of nitrogens with zero attached hydrogens (tertiary/aromatic N) is 2. The third-order valence-corrected chi connectivity index (χ3v) is 7.11. The zero-order valence-corrected chi connectivity index (χ0v) is 21.5. The van der Waals surface area contributed by atoms with Gasteiger partial charge in [-0.3, -0.25) is 9.59 Å². The number of fused-ring (bicyclic) bond motifs is 2. The summed E-state index contributed by atoms with van der Waals surface area (Å²) in [5.41, 5.74) is 5.11. The van der Waals surface area contributed by atoms with E-state index in [0.717, 1.165) is 25.1 Å². The monoisotopic (exact) mass is 548 g/mol. The van der Waals surface area contributed by atoms with E-state index < -0.39 is 23.3 Å². The number of hydrogen-bond acceptors (Lipinski definition) is 5. The number of methoxy groups -OCH3 is 1. The average molecular weight is 549 g/mol. The second-order valence-corrected chi connectivity index (χ2v) is 9.45. The van der Waals surface area contributed by atoms with Crippen molar-refractivity contribution in [2.75, 3.05) is 16.9 Å². The maximum atomic E-state index is 13.7. The predicted molar refractivity (Wildman–Crippen MR) is 143 cm³/mol. The molecule has 0 spiro atoms. The summed E-state index contributed by atoms with van der Waals surface area (Å²) in [7, 11) is 1.59. The van der Waals surface area contributed by atoms with E-state index >= 15 is 0 Å². The quantitative estimate of drug-likeness (QED) is 0.122. The van der Waals surface area contributed by atoms with Crippen molar-refractivity contribution in [2.45, 2.75) is 26.2 Å². The van der Waals surface area contributed by atoms with Gasteiger partial charge in [-0.25, -0.2) is 17.6 Å². The predicted octanol–water partition coefficient (Wildman–Crippen LogP) is 6.60. The number of carbonyl (C=O) groups excluding carboxylic acids is 2. The van der Waals surface area contributed by atoms with Crippen molar-refractivity contribution in [3.8, 4) is 5.75 Å². The molecular weight excluding hydrogens is 524 g/mol. The average Bonchev–Trinajstić information content (AvgIpc) is 3.64. The van der Waals surface area contributed by atoms with Crippen LogP contribution in [0.2, 0.25) is 0 Å². The smallest absolute Gasteiger partial charge is 0.197 e. The van der Waals surface area contributed by atoms with Gasteiger partial charge in [-0.1, -0.05) is 24.3 Å².